The molecule has 7 nitrogen and oxygen atoms in total. The summed E-state index contributed by atoms with van der Waals surface area (Å²) < 4.78 is 24.7. The second kappa shape index (κ2) is 10.9. The highest BCUT2D eigenvalue weighted by Gasteiger charge is 2.30. The maximum absolute atomic E-state index is 13.3. The Kier molecular flexibility index (Phi) is 7.22. The number of ether oxygens (including phenoxy) is 1. The molecule has 3 aromatic carbocycles. The fraction of sp³-hybridized carbons (Fsp3) is 0.233. The average molecular weight is 514 g/mol. The minimum Gasteiger partial charge on any atom is -0.484 e. The molecule has 0 aliphatic carbocycles. The summed E-state index contributed by atoms with van der Waals surface area (Å²) in [5, 5.41) is 2.70. The second-order valence-corrected chi connectivity index (χ2v) is 9.36. The fourth-order valence-corrected chi connectivity index (χ4v) is 4.68. The molecule has 1 N–H and O–H groups in total. The first-order valence-corrected chi connectivity index (χ1v) is 12.4. The van der Waals surface area contributed by atoms with Crippen LogP contribution in [0.15, 0.2) is 77.4 Å². The summed E-state index contributed by atoms with van der Waals surface area (Å²) in [5.74, 6) is 0.0958. The van der Waals surface area contributed by atoms with Gasteiger partial charge in [0, 0.05) is 20.0 Å². The van der Waals surface area contributed by atoms with Crippen LogP contribution >= 0.6 is 0 Å². The number of benzene rings is 3. The minimum absolute atomic E-state index is 0.0236. The lowest BCUT2D eigenvalue weighted by molar-refractivity contribution is -0.130. The Bertz CT molecular complexity index is 1460. The highest BCUT2D eigenvalue weighted by molar-refractivity contribution is 5.91. The lowest BCUT2D eigenvalue weighted by Gasteiger charge is -2.37. The number of hydrogen-bond donors (Lipinski definition) is 1. The van der Waals surface area contributed by atoms with Crippen molar-refractivity contribution in [1.82, 2.24) is 15.2 Å². The molecule has 1 unspecified atom stereocenters. The Morgan fingerprint density at radius 2 is 1.95 bits per heavy atom. The summed E-state index contributed by atoms with van der Waals surface area (Å²) >= 11 is 0. The predicted molar refractivity (Wildman–Crippen MR) is 139 cm³/mol. The van der Waals surface area contributed by atoms with E-state index in [0.29, 0.717) is 17.9 Å². The van der Waals surface area contributed by atoms with Gasteiger partial charge in [0.05, 0.1) is 6.04 Å². The summed E-state index contributed by atoms with van der Waals surface area (Å²) in [7, 11) is 0. The van der Waals surface area contributed by atoms with Gasteiger partial charge in [-0.25, -0.2) is 9.37 Å². The lowest BCUT2D eigenvalue weighted by Crippen LogP contribution is -2.39. The minimum atomic E-state index is -0.427. The molecule has 1 aliphatic heterocycles. The molecule has 0 saturated heterocycles. The van der Waals surface area contributed by atoms with Crippen molar-refractivity contribution in [2.45, 2.75) is 39.5 Å². The Morgan fingerprint density at radius 1 is 1.13 bits per heavy atom. The van der Waals surface area contributed by atoms with Gasteiger partial charge < -0.3 is 19.4 Å². The molecule has 2 amide bonds. The van der Waals surface area contributed by atoms with E-state index >= 15 is 0 Å². The number of aromatic nitrogens is 1. The molecule has 1 aliphatic rings. The first-order chi connectivity index (χ1) is 18.4. The van der Waals surface area contributed by atoms with Crippen molar-refractivity contribution in [1.29, 1.82) is 0 Å². The van der Waals surface area contributed by atoms with E-state index in [4.69, 9.17) is 9.15 Å². The Balaban J connectivity index is 1.28. The molecule has 1 aromatic heterocycles. The van der Waals surface area contributed by atoms with Crippen molar-refractivity contribution in [3.8, 4) is 5.75 Å². The quantitative estimate of drug-likeness (QED) is 0.371. The molecule has 38 heavy (non-hydrogen) atoms. The average Bonchev–Trinajstić information content (AvgIpc) is 3.39. The Morgan fingerprint density at radius 3 is 2.71 bits per heavy atom. The third-order valence-electron chi connectivity index (χ3n) is 6.63. The van der Waals surface area contributed by atoms with E-state index in [-0.39, 0.29) is 42.5 Å². The van der Waals surface area contributed by atoms with Gasteiger partial charge in [-0.2, -0.15) is 0 Å². The van der Waals surface area contributed by atoms with Crippen molar-refractivity contribution in [2.75, 3.05) is 6.54 Å². The molecule has 8 heteroatoms. The maximum Gasteiger partial charge on any atom is 0.273 e. The van der Waals surface area contributed by atoms with Gasteiger partial charge in [-0.05, 0) is 59.9 Å². The lowest BCUT2D eigenvalue weighted by atomic mass is 9.87. The normalized spacial score (nSPS) is 14.6. The largest absolute Gasteiger partial charge is 0.484 e. The summed E-state index contributed by atoms with van der Waals surface area (Å²) in [5.41, 5.74) is 5.16. The summed E-state index contributed by atoms with van der Waals surface area (Å²) in [6, 6.07) is 19.9. The second-order valence-electron chi connectivity index (χ2n) is 9.36. The van der Waals surface area contributed by atoms with Crippen LogP contribution in [0.4, 0.5) is 4.39 Å². The van der Waals surface area contributed by atoms with Gasteiger partial charge in [0.15, 0.2) is 12.3 Å². The number of fused-ring (bicyclic) bond motifs is 1. The molecular formula is C30H28FN3O4. The van der Waals surface area contributed by atoms with E-state index in [0.717, 1.165) is 23.1 Å². The number of halogens is 1. The molecular weight excluding hydrogens is 485 g/mol. The van der Waals surface area contributed by atoms with Crippen LogP contribution < -0.4 is 10.1 Å². The van der Waals surface area contributed by atoms with Gasteiger partial charge in [-0.3, -0.25) is 9.59 Å². The van der Waals surface area contributed by atoms with Gasteiger partial charge in [0.2, 0.25) is 11.8 Å². The highest BCUT2D eigenvalue weighted by Crippen LogP contribution is 2.37. The first kappa shape index (κ1) is 25.2. The van der Waals surface area contributed by atoms with E-state index < -0.39 is 5.91 Å². The van der Waals surface area contributed by atoms with Crippen LogP contribution in [0.3, 0.4) is 0 Å². The van der Waals surface area contributed by atoms with Crippen LogP contribution in [-0.4, -0.2) is 28.2 Å². The smallest absolute Gasteiger partial charge is 0.273 e. The maximum atomic E-state index is 13.3. The van der Waals surface area contributed by atoms with Gasteiger partial charge in [0.25, 0.3) is 5.91 Å². The van der Waals surface area contributed by atoms with Gasteiger partial charge in [-0.1, -0.05) is 48.0 Å². The van der Waals surface area contributed by atoms with Crippen molar-refractivity contribution >= 4 is 11.8 Å². The van der Waals surface area contributed by atoms with E-state index in [9.17, 15) is 14.0 Å². The molecule has 0 spiro atoms. The molecule has 1 atom stereocenters. The third-order valence-corrected chi connectivity index (χ3v) is 6.63. The van der Waals surface area contributed by atoms with Crippen LogP contribution in [0, 0.1) is 12.7 Å². The van der Waals surface area contributed by atoms with Gasteiger partial charge >= 0.3 is 0 Å². The van der Waals surface area contributed by atoms with E-state index in [1.165, 1.54) is 24.0 Å². The monoisotopic (exact) mass is 513 g/mol. The molecule has 5 rings (SSSR count). The summed E-state index contributed by atoms with van der Waals surface area (Å²) in [6.45, 7) is 4.49. The van der Waals surface area contributed by atoms with Crippen molar-refractivity contribution in [3.63, 3.8) is 0 Å². The van der Waals surface area contributed by atoms with Crippen molar-refractivity contribution in [2.24, 2.45) is 0 Å². The number of hydrogen-bond acceptors (Lipinski definition) is 5. The van der Waals surface area contributed by atoms with Crippen molar-refractivity contribution < 1.29 is 23.1 Å². The molecule has 2 heterocycles. The zero-order valence-electron chi connectivity index (χ0n) is 21.2. The molecule has 194 valence electrons. The number of nitrogens with one attached hydrogen (secondary N) is 1. The number of carbonyl (C=O) groups is 2. The number of nitrogens with zero attached hydrogens (tertiary/aromatic N) is 2. The van der Waals surface area contributed by atoms with Crippen LogP contribution in [0.1, 0.15) is 57.2 Å². The molecule has 0 saturated carbocycles. The fourth-order valence-electron chi connectivity index (χ4n) is 4.68. The van der Waals surface area contributed by atoms with E-state index in [1.807, 2.05) is 30.0 Å². The molecule has 4 aromatic rings. The van der Waals surface area contributed by atoms with Crippen LogP contribution in [0.25, 0.3) is 0 Å². The van der Waals surface area contributed by atoms with Crippen molar-refractivity contribution in [3.05, 3.63) is 118 Å². The number of rotatable bonds is 7. The molecule has 0 bridgehead atoms. The number of carbonyl (C=O) groups excluding carboxylic acids is 2. The number of amides is 2. The van der Waals surface area contributed by atoms with E-state index in [2.05, 4.69) is 34.6 Å². The number of aryl methyl sites for hydroxylation is 1. The van der Waals surface area contributed by atoms with Gasteiger partial charge in [-0.15, -0.1) is 0 Å². The van der Waals surface area contributed by atoms with Crippen LogP contribution in [0.2, 0.25) is 0 Å². The van der Waals surface area contributed by atoms with Crippen LogP contribution in [-0.2, 0) is 24.4 Å². The van der Waals surface area contributed by atoms with E-state index in [1.54, 1.807) is 19.1 Å². The molecule has 0 fully saturated rings. The summed E-state index contributed by atoms with van der Waals surface area (Å²) in [4.78, 5) is 31.0. The summed E-state index contributed by atoms with van der Waals surface area (Å²) in [6.07, 6.45) is 2.04. The molecule has 0 radical (unpaired) electrons. The highest BCUT2D eigenvalue weighted by atomic mass is 19.1. The standard InChI is InChI=1S/C30H28FN3O4/c1-19-6-8-23(9-7-19)29-26-15-25(11-10-22(26)12-13-34(29)20(2)35)37-18-28-33-27(17-38-28)30(36)32-16-21-4-3-5-24(31)14-21/h3-11,14-15,17,29H,12-13,16,18H2,1-2H3,(H,32,36). The Hall–Kier alpha value is -4.46. The first-order valence-electron chi connectivity index (χ1n) is 12.4. The number of oxazole rings is 1. The topological polar surface area (TPSA) is 84.7 Å². The SMILES string of the molecule is CC(=O)N1CCc2ccc(OCc3nc(C(=O)NCc4cccc(F)c4)co3)cc2C1c1ccc(C)cc1. The van der Waals surface area contributed by atoms with Crippen LogP contribution in [0.5, 0.6) is 5.75 Å². The zero-order chi connectivity index (χ0) is 26.6. The zero-order valence-corrected chi connectivity index (χ0v) is 21.2. The predicted octanol–water partition coefficient (Wildman–Crippen LogP) is 5.13. The third kappa shape index (κ3) is 5.59. The Labute approximate surface area is 220 Å². The van der Waals surface area contributed by atoms with Gasteiger partial charge in [0.1, 0.15) is 17.8 Å².